The minimum atomic E-state index is 0. The van der Waals surface area contributed by atoms with Gasteiger partial charge in [0.1, 0.15) is 5.75 Å². The number of anilines is 1. The standard InChI is InChI=1S/C17H24N2O2.ClH/c1-2-21-16-5-3-4-13(11-16)19-17(20)10-12-8-14-6-7-15(9-12)18-14;/h3-5,11-12,14-15,18H,2,6-10H2,1H3,(H,19,20);1H. The molecule has 0 saturated carbocycles. The lowest BCUT2D eigenvalue weighted by atomic mass is 9.89. The number of amides is 1. The topological polar surface area (TPSA) is 50.4 Å². The lowest BCUT2D eigenvalue weighted by Gasteiger charge is -2.28. The zero-order chi connectivity index (χ0) is 14.7. The van der Waals surface area contributed by atoms with Gasteiger partial charge in [-0.25, -0.2) is 0 Å². The second-order valence-electron chi connectivity index (χ2n) is 6.19. The minimum absolute atomic E-state index is 0. The first-order valence-electron chi connectivity index (χ1n) is 8.01. The molecule has 1 aromatic carbocycles. The van der Waals surface area contributed by atoms with Crippen molar-refractivity contribution in [3.63, 3.8) is 0 Å². The molecule has 2 fully saturated rings. The Morgan fingerprint density at radius 2 is 2.05 bits per heavy atom. The zero-order valence-corrected chi connectivity index (χ0v) is 13.8. The van der Waals surface area contributed by atoms with Crippen LogP contribution in [-0.2, 0) is 4.79 Å². The molecule has 2 aliphatic rings. The number of nitrogens with one attached hydrogen (secondary N) is 2. The Morgan fingerprint density at radius 1 is 1.32 bits per heavy atom. The Labute approximate surface area is 138 Å². The molecule has 4 nitrogen and oxygen atoms in total. The van der Waals surface area contributed by atoms with Gasteiger partial charge in [0.25, 0.3) is 0 Å². The van der Waals surface area contributed by atoms with Crippen LogP contribution in [0.25, 0.3) is 0 Å². The molecule has 1 amide bonds. The lowest BCUT2D eigenvalue weighted by molar-refractivity contribution is -0.117. The number of fused-ring (bicyclic) bond motifs is 2. The highest BCUT2D eigenvalue weighted by atomic mass is 35.5. The predicted octanol–water partition coefficient (Wildman–Crippen LogP) is 3.37. The van der Waals surface area contributed by atoms with Gasteiger partial charge in [-0.05, 0) is 50.7 Å². The summed E-state index contributed by atoms with van der Waals surface area (Å²) in [7, 11) is 0. The van der Waals surface area contributed by atoms with Crippen molar-refractivity contribution in [1.82, 2.24) is 5.32 Å². The summed E-state index contributed by atoms with van der Waals surface area (Å²) in [5, 5.41) is 6.62. The van der Waals surface area contributed by atoms with Crippen LogP contribution in [0, 0.1) is 5.92 Å². The smallest absolute Gasteiger partial charge is 0.224 e. The highest BCUT2D eigenvalue weighted by Crippen LogP contribution is 2.32. The summed E-state index contributed by atoms with van der Waals surface area (Å²) in [4.78, 5) is 12.2. The van der Waals surface area contributed by atoms with Crippen molar-refractivity contribution in [3.8, 4) is 5.75 Å². The molecule has 2 heterocycles. The van der Waals surface area contributed by atoms with Gasteiger partial charge in [-0.1, -0.05) is 6.07 Å². The largest absolute Gasteiger partial charge is 0.494 e. The van der Waals surface area contributed by atoms with Crippen LogP contribution in [0.2, 0.25) is 0 Å². The Morgan fingerprint density at radius 3 is 2.73 bits per heavy atom. The van der Waals surface area contributed by atoms with Crippen molar-refractivity contribution in [3.05, 3.63) is 24.3 Å². The number of carbonyl (C=O) groups is 1. The van der Waals surface area contributed by atoms with E-state index in [-0.39, 0.29) is 18.3 Å². The Bertz CT molecular complexity index is 497. The van der Waals surface area contributed by atoms with E-state index in [1.165, 1.54) is 12.8 Å². The van der Waals surface area contributed by atoms with Crippen LogP contribution in [0.15, 0.2) is 24.3 Å². The Kier molecular flexibility index (Phi) is 6.09. The third kappa shape index (κ3) is 4.37. The van der Waals surface area contributed by atoms with Gasteiger partial charge in [-0.15, -0.1) is 12.4 Å². The molecule has 2 bridgehead atoms. The van der Waals surface area contributed by atoms with E-state index in [1.807, 2.05) is 31.2 Å². The molecule has 122 valence electrons. The lowest BCUT2D eigenvalue weighted by Crippen LogP contribution is -2.39. The number of hydrogen-bond acceptors (Lipinski definition) is 3. The highest BCUT2D eigenvalue weighted by molar-refractivity contribution is 5.91. The molecule has 22 heavy (non-hydrogen) atoms. The third-order valence-corrected chi connectivity index (χ3v) is 4.47. The van der Waals surface area contributed by atoms with Crippen molar-refractivity contribution in [2.24, 2.45) is 5.92 Å². The van der Waals surface area contributed by atoms with Crippen LogP contribution in [0.1, 0.15) is 39.0 Å². The van der Waals surface area contributed by atoms with Gasteiger partial charge in [-0.2, -0.15) is 0 Å². The molecule has 2 unspecified atom stereocenters. The van der Waals surface area contributed by atoms with E-state index in [4.69, 9.17) is 4.74 Å². The van der Waals surface area contributed by atoms with Crippen molar-refractivity contribution in [1.29, 1.82) is 0 Å². The summed E-state index contributed by atoms with van der Waals surface area (Å²) < 4.78 is 5.45. The summed E-state index contributed by atoms with van der Waals surface area (Å²) in [5.74, 6) is 1.45. The molecule has 0 aliphatic carbocycles. The van der Waals surface area contributed by atoms with E-state index in [2.05, 4.69) is 10.6 Å². The van der Waals surface area contributed by atoms with Crippen molar-refractivity contribution in [2.45, 2.75) is 51.1 Å². The maximum Gasteiger partial charge on any atom is 0.224 e. The number of carbonyl (C=O) groups excluding carboxylic acids is 1. The Hall–Kier alpha value is -1.26. The first kappa shape index (κ1) is 17.1. The molecule has 0 aromatic heterocycles. The maximum absolute atomic E-state index is 12.2. The molecule has 2 aliphatic heterocycles. The van der Waals surface area contributed by atoms with Crippen molar-refractivity contribution in [2.75, 3.05) is 11.9 Å². The van der Waals surface area contributed by atoms with E-state index >= 15 is 0 Å². The first-order chi connectivity index (χ1) is 10.2. The molecule has 5 heteroatoms. The second-order valence-corrected chi connectivity index (χ2v) is 6.19. The SMILES string of the molecule is CCOc1cccc(NC(=O)CC2CC3CCC(C2)N3)c1.Cl. The van der Waals surface area contributed by atoms with E-state index in [0.29, 0.717) is 31.0 Å². The molecule has 2 atom stereocenters. The Balaban J connectivity index is 0.00000176. The summed E-state index contributed by atoms with van der Waals surface area (Å²) in [6.45, 7) is 2.59. The second kappa shape index (κ2) is 7.84. The number of ether oxygens (including phenoxy) is 1. The summed E-state index contributed by atoms with van der Waals surface area (Å²) in [6.07, 6.45) is 5.47. The number of piperidine rings is 1. The highest BCUT2D eigenvalue weighted by Gasteiger charge is 2.34. The number of hydrogen-bond donors (Lipinski definition) is 2. The zero-order valence-electron chi connectivity index (χ0n) is 13.0. The molecular weight excluding hydrogens is 300 g/mol. The molecule has 0 radical (unpaired) electrons. The van der Waals surface area contributed by atoms with Gasteiger partial charge in [0, 0.05) is 30.3 Å². The average molecular weight is 325 g/mol. The third-order valence-electron chi connectivity index (χ3n) is 4.47. The van der Waals surface area contributed by atoms with Gasteiger partial charge in [0.15, 0.2) is 0 Å². The van der Waals surface area contributed by atoms with Crippen molar-refractivity contribution < 1.29 is 9.53 Å². The summed E-state index contributed by atoms with van der Waals surface area (Å²) >= 11 is 0. The fourth-order valence-corrected chi connectivity index (χ4v) is 3.65. The quantitative estimate of drug-likeness (QED) is 0.873. The van der Waals surface area contributed by atoms with E-state index in [9.17, 15) is 4.79 Å². The van der Waals surface area contributed by atoms with Gasteiger partial charge in [0.05, 0.1) is 6.61 Å². The molecule has 1 aromatic rings. The summed E-state index contributed by atoms with van der Waals surface area (Å²) in [6, 6.07) is 8.89. The fourth-order valence-electron chi connectivity index (χ4n) is 3.65. The van der Waals surface area contributed by atoms with E-state index in [0.717, 1.165) is 24.3 Å². The normalized spacial score (nSPS) is 26.1. The molecular formula is C17H25ClN2O2. The van der Waals surface area contributed by atoms with Crippen LogP contribution in [0.4, 0.5) is 5.69 Å². The minimum Gasteiger partial charge on any atom is -0.494 e. The van der Waals surface area contributed by atoms with E-state index in [1.54, 1.807) is 0 Å². The van der Waals surface area contributed by atoms with Crippen LogP contribution in [0.5, 0.6) is 5.75 Å². The molecule has 0 spiro atoms. The van der Waals surface area contributed by atoms with Crippen LogP contribution < -0.4 is 15.4 Å². The molecule has 2 N–H and O–H groups in total. The maximum atomic E-state index is 12.2. The van der Waals surface area contributed by atoms with Crippen LogP contribution >= 0.6 is 12.4 Å². The van der Waals surface area contributed by atoms with Gasteiger partial charge < -0.3 is 15.4 Å². The van der Waals surface area contributed by atoms with Gasteiger partial charge in [0.2, 0.25) is 5.91 Å². The van der Waals surface area contributed by atoms with E-state index < -0.39 is 0 Å². The monoisotopic (exact) mass is 324 g/mol. The summed E-state index contributed by atoms with van der Waals surface area (Å²) in [5.41, 5.74) is 0.822. The van der Waals surface area contributed by atoms with Crippen LogP contribution in [0.3, 0.4) is 0 Å². The molecule has 3 rings (SSSR count). The number of halogens is 1. The van der Waals surface area contributed by atoms with Crippen LogP contribution in [-0.4, -0.2) is 24.6 Å². The van der Waals surface area contributed by atoms with Gasteiger partial charge in [-0.3, -0.25) is 4.79 Å². The van der Waals surface area contributed by atoms with Gasteiger partial charge >= 0.3 is 0 Å². The predicted molar refractivity (Wildman–Crippen MR) is 90.8 cm³/mol. The molecule has 2 saturated heterocycles. The first-order valence-corrected chi connectivity index (χ1v) is 8.01. The number of rotatable bonds is 5. The van der Waals surface area contributed by atoms with Crippen molar-refractivity contribution >= 4 is 24.0 Å². The average Bonchev–Trinajstić information content (AvgIpc) is 2.78. The fraction of sp³-hybridized carbons (Fsp3) is 0.588. The number of benzene rings is 1.